The Balaban J connectivity index is 2.21. The van der Waals surface area contributed by atoms with Crippen LogP contribution in [0.3, 0.4) is 0 Å². The molecule has 0 heterocycles. The fraction of sp³-hybridized carbons (Fsp3) is 0.333. The first-order valence-corrected chi connectivity index (χ1v) is 9.11. The third-order valence-electron chi connectivity index (χ3n) is 3.38. The van der Waals surface area contributed by atoms with Crippen LogP contribution in [0.25, 0.3) is 0 Å². The molecule has 2 rings (SSSR count). The molecule has 1 nitrogen and oxygen atoms in total. The van der Waals surface area contributed by atoms with Crippen molar-refractivity contribution in [3.8, 4) is 0 Å². The fourth-order valence-corrected chi connectivity index (χ4v) is 3.55. The van der Waals surface area contributed by atoms with Crippen LogP contribution in [0.2, 0.25) is 0 Å². The Morgan fingerprint density at radius 1 is 1.05 bits per heavy atom. The fourth-order valence-electron chi connectivity index (χ4n) is 2.28. The number of halogens is 1. The molecule has 0 spiro atoms. The van der Waals surface area contributed by atoms with Gasteiger partial charge in [0, 0.05) is 20.3 Å². The lowest BCUT2D eigenvalue weighted by Gasteiger charge is -2.20. The Labute approximate surface area is 140 Å². The average molecular weight is 364 g/mol. The first-order valence-electron chi connectivity index (χ1n) is 7.50. The van der Waals surface area contributed by atoms with E-state index in [2.05, 4.69) is 83.6 Å². The van der Waals surface area contributed by atoms with Crippen LogP contribution in [-0.4, -0.2) is 6.54 Å². The Morgan fingerprint density at radius 2 is 1.76 bits per heavy atom. The van der Waals surface area contributed by atoms with Crippen molar-refractivity contribution in [3.05, 3.63) is 58.6 Å². The Kier molecular flexibility index (Phi) is 6.81. The average Bonchev–Trinajstić information content (AvgIpc) is 2.52. The lowest BCUT2D eigenvalue weighted by atomic mass is 10.0. The maximum atomic E-state index is 3.65. The standard InChI is InChI=1S/C18H22BrNS/c1-3-13-20-17(4-2)16-7-5-6-8-18(16)21-15-11-9-14(19)10-12-15/h5-12,17,20H,3-4,13H2,1-2H3. The van der Waals surface area contributed by atoms with Gasteiger partial charge < -0.3 is 5.32 Å². The lowest BCUT2D eigenvalue weighted by molar-refractivity contribution is 0.512. The van der Waals surface area contributed by atoms with Gasteiger partial charge in [-0.2, -0.15) is 0 Å². The zero-order chi connectivity index (χ0) is 15.1. The Morgan fingerprint density at radius 3 is 2.43 bits per heavy atom. The Hall–Kier alpha value is -0.770. The van der Waals surface area contributed by atoms with E-state index in [-0.39, 0.29) is 0 Å². The highest BCUT2D eigenvalue weighted by molar-refractivity contribution is 9.10. The van der Waals surface area contributed by atoms with Crippen LogP contribution in [-0.2, 0) is 0 Å². The van der Waals surface area contributed by atoms with Gasteiger partial charge in [-0.05, 0) is 55.3 Å². The topological polar surface area (TPSA) is 12.0 Å². The van der Waals surface area contributed by atoms with Crippen LogP contribution in [0.1, 0.15) is 38.3 Å². The van der Waals surface area contributed by atoms with Crippen LogP contribution in [0.15, 0.2) is 62.8 Å². The summed E-state index contributed by atoms with van der Waals surface area (Å²) < 4.78 is 1.12. The van der Waals surface area contributed by atoms with Gasteiger partial charge in [-0.15, -0.1) is 0 Å². The number of nitrogens with one attached hydrogen (secondary N) is 1. The molecule has 0 aliphatic rings. The molecule has 21 heavy (non-hydrogen) atoms. The maximum absolute atomic E-state index is 3.65. The van der Waals surface area contributed by atoms with E-state index >= 15 is 0 Å². The van der Waals surface area contributed by atoms with Crippen LogP contribution in [0, 0.1) is 0 Å². The van der Waals surface area contributed by atoms with Crippen molar-refractivity contribution in [3.63, 3.8) is 0 Å². The van der Waals surface area contributed by atoms with E-state index in [4.69, 9.17) is 0 Å². The van der Waals surface area contributed by atoms with Gasteiger partial charge in [0.1, 0.15) is 0 Å². The van der Waals surface area contributed by atoms with Crippen molar-refractivity contribution in [1.29, 1.82) is 0 Å². The summed E-state index contributed by atoms with van der Waals surface area (Å²) in [5.74, 6) is 0. The summed E-state index contributed by atoms with van der Waals surface area (Å²) in [6, 6.07) is 17.7. The van der Waals surface area contributed by atoms with E-state index in [9.17, 15) is 0 Å². The molecule has 0 aliphatic heterocycles. The third kappa shape index (κ3) is 4.87. The summed E-state index contributed by atoms with van der Waals surface area (Å²) in [4.78, 5) is 2.62. The van der Waals surface area contributed by atoms with Crippen LogP contribution in [0.5, 0.6) is 0 Å². The van der Waals surface area contributed by atoms with Crippen molar-refractivity contribution >= 4 is 27.7 Å². The molecule has 0 aliphatic carbocycles. The van der Waals surface area contributed by atoms with E-state index in [1.54, 1.807) is 0 Å². The molecule has 0 bridgehead atoms. The van der Waals surface area contributed by atoms with E-state index in [0.717, 1.165) is 17.4 Å². The van der Waals surface area contributed by atoms with E-state index in [1.807, 2.05) is 11.8 Å². The summed E-state index contributed by atoms with van der Waals surface area (Å²) >= 11 is 5.33. The normalized spacial score (nSPS) is 12.3. The molecular formula is C18H22BrNS. The van der Waals surface area contributed by atoms with Crippen molar-refractivity contribution in [2.24, 2.45) is 0 Å². The molecule has 1 unspecified atom stereocenters. The predicted octanol–water partition coefficient (Wildman–Crippen LogP) is 6.05. The van der Waals surface area contributed by atoms with E-state index in [0.29, 0.717) is 6.04 Å². The molecule has 0 radical (unpaired) electrons. The van der Waals surface area contributed by atoms with Gasteiger partial charge in [-0.3, -0.25) is 0 Å². The molecule has 3 heteroatoms. The molecule has 1 atom stereocenters. The van der Waals surface area contributed by atoms with Gasteiger partial charge in [0.15, 0.2) is 0 Å². The molecule has 0 fully saturated rings. The molecule has 0 saturated heterocycles. The van der Waals surface area contributed by atoms with Gasteiger partial charge in [-0.25, -0.2) is 0 Å². The maximum Gasteiger partial charge on any atom is 0.0328 e. The molecule has 2 aromatic carbocycles. The van der Waals surface area contributed by atoms with Crippen molar-refractivity contribution < 1.29 is 0 Å². The quantitative estimate of drug-likeness (QED) is 0.642. The van der Waals surface area contributed by atoms with Gasteiger partial charge in [0.25, 0.3) is 0 Å². The first-order chi connectivity index (χ1) is 10.2. The zero-order valence-corrected chi connectivity index (χ0v) is 15.0. The van der Waals surface area contributed by atoms with Crippen molar-refractivity contribution in [1.82, 2.24) is 5.32 Å². The minimum absolute atomic E-state index is 0.434. The number of hydrogen-bond donors (Lipinski definition) is 1. The highest BCUT2D eigenvalue weighted by Crippen LogP contribution is 2.34. The second kappa shape index (κ2) is 8.62. The Bertz CT molecular complexity index is 553. The molecule has 1 N–H and O–H groups in total. The minimum Gasteiger partial charge on any atom is -0.310 e. The van der Waals surface area contributed by atoms with Crippen LogP contribution in [0.4, 0.5) is 0 Å². The van der Waals surface area contributed by atoms with Crippen LogP contribution >= 0.6 is 27.7 Å². The largest absolute Gasteiger partial charge is 0.310 e. The highest BCUT2D eigenvalue weighted by atomic mass is 79.9. The number of hydrogen-bond acceptors (Lipinski definition) is 2. The summed E-state index contributed by atoms with van der Waals surface area (Å²) in [6.07, 6.45) is 2.27. The molecule has 0 aromatic heterocycles. The number of benzene rings is 2. The molecule has 2 aromatic rings. The van der Waals surface area contributed by atoms with E-state index in [1.165, 1.54) is 21.8 Å². The van der Waals surface area contributed by atoms with Gasteiger partial charge in [0.05, 0.1) is 0 Å². The van der Waals surface area contributed by atoms with Crippen molar-refractivity contribution in [2.45, 2.75) is 42.5 Å². The van der Waals surface area contributed by atoms with Gasteiger partial charge in [0.2, 0.25) is 0 Å². The predicted molar refractivity (Wildman–Crippen MR) is 96.0 cm³/mol. The van der Waals surface area contributed by atoms with E-state index < -0.39 is 0 Å². The highest BCUT2D eigenvalue weighted by Gasteiger charge is 2.13. The summed E-state index contributed by atoms with van der Waals surface area (Å²) in [7, 11) is 0. The second-order valence-corrected chi connectivity index (χ2v) is 7.04. The smallest absolute Gasteiger partial charge is 0.0328 e. The minimum atomic E-state index is 0.434. The van der Waals surface area contributed by atoms with Crippen molar-refractivity contribution in [2.75, 3.05) is 6.54 Å². The van der Waals surface area contributed by atoms with Crippen LogP contribution < -0.4 is 5.32 Å². The summed E-state index contributed by atoms with van der Waals surface area (Å²) in [6.45, 7) is 5.52. The molecule has 0 saturated carbocycles. The summed E-state index contributed by atoms with van der Waals surface area (Å²) in [5.41, 5.74) is 1.40. The zero-order valence-electron chi connectivity index (χ0n) is 12.6. The molecule has 112 valence electrons. The lowest BCUT2D eigenvalue weighted by Crippen LogP contribution is -2.21. The van der Waals surface area contributed by atoms with Gasteiger partial charge in [-0.1, -0.05) is 59.7 Å². The first kappa shape index (κ1) is 16.6. The molecular weight excluding hydrogens is 342 g/mol. The monoisotopic (exact) mass is 363 g/mol. The number of rotatable bonds is 7. The SMILES string of the molecule is CCCNC(CC)c1ccccc1Sc1ccc(Br)cc1. The third-order valence-corrected chi connectivity index (χ3v) is 5.01. The molecule has 0 amide bonds. The second-order valence-electron chi connectivity index (χ2n) is 5.01. The summed E-state index contributed by atoms with van der Waals surface area (Å²) in [5, 5.41) is 3.65. The van der Waals surface area contributed by atoms with Gasteiger partial charge >= 0.3 is 0 Å².